The van der Waals surface area contributed by atoms with E-state index in [0.29, 0.717) is 16.3 Å². The fraction of sp³-hybridized carbons (Fsp3) is 0.0833. The monoisotopic (exact) mass is 220 g/mol. The number of halogens is 1. The molecule has 0 bridgehead atoms. The van der Waals surface area contributed by atoms with Crippen LogP contribution in [0.15, 0.2) is 45.6 Å². The summed E-state index contributed by atoms with van der Waals surface area (Å²) in [7, 11) is 0. The first kappa shape index (κ1) is 9.99. The average Bonchev–Trinajstić information content (AvgIpc) is 2.23. The maximum absolute atomic E-state index is 11.3. The van der Waals surface area contributed by atoms with Gasteiger partial charge in [-0.05, 0) is 43.3 Å². The molecule has 0 amide bonds. The van der Waals surface area contributed by atoms with Crippen LogP contribution in [0, 0.1) is 6.92 Å². The molecule has 0 radical (unpaired) electrons. The molecule has 2 rings (SSSR count). The first-order valence-corrected chi connectivity index (χ1v) is 4.91. The molecule has 2 nitrogen and oxygen atoms in total. The highest BCUT2D eigenvalue weighted by Gasteiger charge is 2.02. The lowest BCUT2D eigenvalue weighted by Gasteiger charge is -2.00. The molecule has 0 saturated carbocycles. The molecule has 76 valence electrons. The van der Waals surface area contributed by atoms with Gasteiger partial charge < -0.3 is 4.42 Å². The molecule has 15 heavy (non-hydrogen) atoms. The smallest absolute Gasteiger partial charge is 0.339 e. The van der Waals surface area contributed by atoms with Gasteiger partial charge in [0, 0.05) is 16.1 Å². The van der Waals surface area contributed by atoms with Crippen LogP contribution < -0.4 is 5.63 Å². The van der Waals surface area contributed by atoms with Gasteiger partial charge in [0.1, 0.15) is 5.76 Å². The fourth-order valence-electron chi connectivity index (χ4n) is 1.25. The van der Waals surface area contributed by atoms with Gasteiger partial charge in [0.25, 0.3) is 0 Å². The van der Waals surface area contributed by atoms with Crippen LogP contribution >= 0.6 is 11.6 Å². The van der Waals surface area contributed by atoms with Gasteiger partial charge in [0.05, 0.1) is 0 Å². The van der Waals surface area contributed by atoms with Crippen molar-refractivity contribution in [2.24, 2.45) is 0 Å². The van der Waals surface area contributed by atoms with Gasteiger partial charge in [-0.2, -0.15) is 0 Å². The molecular weight excluding hydrogens is 212 g/mol. The van der Waals surface area contributed by atoms with Gasteiger partial charge in [-0.3, -0.25) is 0 Å². The van der Waals surface area contributed by atoms with E-state index in [0.717, 1.165) is 5.56 Å². The maximum Gasteiger partial charge on any atom is 0.339 e. The molecule has 3 heteroatoms. The van der Waals surface area contributed by atoms with Crippen molar-refractivity contribution in [3.8, 4) is 11.3 Å². The highest BCUT2D eigenvalue weighted by atomic mass is 35.5. The summed E-state index contributed by atoms with van der Waals surface area (Å²) in [6.07, 6.45) is 0. The van der Waals surface area contributed by atoms with Crippen LogP contribution in [0.4, 0.5) is 0 Å². The summed E-state index contributed by atoms with van der Waals surface area (Å²) >= 11 is 5.76. The Balaban J connectivity index is 2.50. The number of aryl methyl sites for hydroxylation is 1. The van der Waals surface area contributed by atoms with E-state index in [1.54, 1.807) is 31.2 Å². The quantitative estimate of drug-likeness (QED) is 0.739. The highest BCUT2D eigenvalue weighted by Crippen LogP contribution is 2.20. The third-order valence-corrected chi connectivity index (χ3v) is 2.39. The average molecular weight is 221 g/mol. The van der Waals surface area contributed by atoms with Crippen LogP contribution in [0.5, 0.6) is 0 Å². The molecule has 0 fully saturated rings. The van der Waals surface area contributed by atoms with Crippen molar-refractivity contribution in [2.75, 3.05) is 0 Å². The Kier molecular flexibility index (Phi) is 2.60. The van der Waals surface area contributed by atoms with Crippen LogP contribution in [0.1, 0.15) is 5.56 Å². The van der Waals surface area contributed by atoms with E-state index < -0.39 is 0 Å². The van der Waals surface area contributed by atoms with E-state index in [4.69, 9.17) is 16.0 Å². The first-order chi connectivity index (χ1) is 7.16. The minimum absolute atomic E-state index is 0.303. The Bertz CT molecular complexity index is 526. The molecule has 1 aromatic carbocycles. The molecule has 0 spiro atoms. The Morgan fingerprint density at radius 2 is 1.73 bits per heavy atom. The number of hydrogen-bond donors (Lipinski definition) is 0. The number of hydrogen-bond acceptors (Lipinski definition) is 2. The Labute approximate surface area is 92.1 Å². The standard InChI is InChI=1S/C12H9ClO2/c1-8-2-7-11(15-12(8)14)9-3-5-10(13)6-4-9/h2-7H,1H3. The van der Waals surface area contributed by atoms with Crippen molar-refractivity contribution in [1.82, 2.24) is 0 Å². The molecule has 2 aromatic rings. The maximum atomic E-state index is 11.3. The summed E-state index contributed by atoms with van der Waals surface area (Å²) in [6, 6.07) is 10.7. The minimum atomic E-state index is -0.303. The van der Waals surface area contributed by atoms with Gasteiger partial charge >= 0.3 is 5.63 Å². The second-order valence-electron chi connectivity index (χ2n) is 3.28. The molecular formula is C12H9ClO2. The lowest BCUT2D eigenvalue weighted by Crippen LogP contribution is -2.02. The molecule has 0 atom stereocenters. The Hall–Kier alpha value is -1.54. The Morgan fingerprint density at radius 3 is 2.33 bits per heavy atom. The summed E-state index contributed by atoms with van der Waals surface area (Å²) in [4.78, 5) is 11.3. The zero-order valence-corrected chi connectivity index (χ0v) is 8.91. The van der Waals surface area contributed by atoms with Crippen LogP contribution in [0.3, 0.4) is 0 Å². The topological polar surface area (TPSA) is 30.2 Å². The first-order valence-electron chi connectivity index (χ1n) is 4.53. The van der Waals surface area contributed by atoms with Gasteiger partial charge in [0.2, 0.25) is 0 Å². The van der Waals surface area contributed by atoms with Crippen molar-refractivity contribution in [3.63, 3.8) is 0 Å². The predicted molar refractivity (Wildman–Crippen MR) is 60.2 cm³/mol. The van der Waals surface area contributed by atoms with Crippen molar-refractivity contribution >= 4 is 11.6 Å². The molecule has 0 saturated heterocycles. The summed E-state index contributed by atoms with van der Waals surface area (Å²) in [5.74, 6) is 0.558. The van der Waals surface area contributed by atoms with Crippen molar-refractivity contribution in [3.05, 3.63) is 57.4 Å². The van der Waals surface area contributed by atoms with Crippen molar-refractivity contribution in [2.45, 2.75) is 6.92 Å². The molecule has 0 aliphatic rings. The lowest BCUT2D eigenvalue weighted by atomic mass is 10.1. The van der Waals surface area contributed by atoms with E-state index in [9.17, 15) is 4.79 Å². The van der Waals surface area contributed by atoms with Gasteiger partial charge in [-0.1, -0.05) is 11.6 Å². The van der Waals surface area contributed by atoms with Crippen LogP contribution in [-0.2, 0) is 0 Å². The van der Waals surface area contributed by atoms with Crippen molar-refractivity contribution < 1.29 is 4.42 Å². The van der Waals surface area contributed by atoms with E-state index in [1.807, 2.05) is 12.1 Å². The van der Waals surface area contributed by atoms with Gasteiger partial charge in [0.15, 0.2) is 0 Å². The van der Waals surface area contributed by atoms with E-state index in [1.165, 1.54) is 0 Å². The van der Waals surface area contributed by atoms with Crippen LogP contribution in [0.2, 0.25) is 5.02 Å². The zero-order chi connectivity index (χ0) is 10.8. The van der Waals surface area contributed by atoms with E-state index in [2.05, 4.69) is 0 Å². The largest absolute Gasteiger partial charge is 0.423 e. The molecule has 0 aliphatic heterocycles. The second-order valence-corrected chi connectivity index (χ2v) is 3.71. The number of rotatable bonds is 1. The van der Waals surface area contributed by atoms with Gasteiger partial charge in [-0.15, -0.1) is 0 Å². The normalized spacial score (nSPS) is 10.3. The molecule has 0 unspecified atom stereocenters. The zero-order valence-electron chi connectivity index (χ0n) is 8.16. The summed E-state index contributed by atoms with van der Waals surface area (Å²) < 4.78 is 5.14. The third-order valence-electron chi connectivity index (χ3n) is 2.14. The number of benzene rings is 1. The van der Waals surface area contributed by atoms with Crippen molar-refractivity contribution in [1.29, 1.82) is 0 Å². The second kappa shape index (κ2) is 3.91. The predicted octanol–water partition coefficient (Wildman–Crippen LogP) is 3.27. The molecule has 1 aromatic heterocycles. The van der Waals surface area contributed by atoms with Gasteiger partial charge in [-0.25, -0.2) is 4.79 Å². The third kappa shape index (κ3) is 2.10. The SMILES string of the molecule is Cc1ccc(-c2ccc(Cl)cc2)oc1=O. The molecule has 0 aliphatic carbocycles. The summed E-state index contributed by atoms with van der Waals surface area (Å²) in [5, 5.41) is 0.660. The lowest BCUT2D eigenvalue weighted by molar-refractivity contribution is 0.520. The van der Waals surface area contributed by atoms with E-state index in [-0.39, 0.29) is 5.63 Å². The summed E-state index contributed by atoms with van der Waals surface area (Å²) in [6.45, 7) is 1.72. The molecule has 1 heterocycles. The molecule has 0 N–H and O–H groups in total. The fourth-order valence-corrected chi connectivity index (χ4v) is 1.38. The highest BCUT2D eigenvalue weighted by molar-refractivity contribution is 6.30. The minimum Gasteiger partial charge on any atom is -0.423 e. The van der Waals surface area contributed by atoms with Crippen LogP contribution in [-0.4, -0.2) is 0 Å². The summed E-state index contributed by atoms with van der Waals surface area (Å²) in [5.41, 5.74) is 1.15. The van der Waals surface area contributed by atoms with E-state index >= 15 is 0 Å². The Morgan fingerprint density at radius 1 is 1.07 bits per heavy atom. The van der Waals surface area contributed by atoms with Crippen LogP contribution in [0.25, 0.3) is 11.3 Å².